The fourth-order valence-electron chi connectivity index (χ4n) is 4.98. The molecule has 0 aliphatic heterocycles. The predicted octanol–water partition coefficient (Wildman–Crippen LogP) is 8.89. The van der Waals surface area contributed by atoms with Crippen LogP contribution in [0.1, 0.15) is 106 Å². The minimum Gasteiger partial charge on any atom is -0.493 e. The first-order chi connectivity index (χ1) is 17.6. The Morgan fingerprint density at radius 2 is 1.58 bits per heavy atom. The van der Waals surface area contributed by atoms with Crippen LogP contribution >= 0.6 is 0 Å². The van der Waals surface area contributed by atoms with Crippen LogP contribution in [0, 0.1) is 5.92 Å². The van der Waals surface area contributed by atoms with E-state index in [-0.39, 0.29) is 0 Å². The number of ether oxygens (including phenoxy) is 3. The summed E-state index contributed by atoms with van der Waals surface area (Å²) in [4.78, 5) is 13.0. The number of hydrogen-bond acceptors (Lipinski definition) is 4. The van der Waals surface area contributed by atoms with E-state index in [2.05, 4.69) is 32.6 Å². The molecule has 0 heterocycles. The number of carbonyl (C=O) groups is 1. The molecule has 3 rings (SSSR count). The molecule has 36 heavy (non-hydrogen) atoms. The summed E-state index contributed by atoms with van der Waals surface area (Å²) in [6, 6.07) is 13.3. The number of rotatable bonds is 15. The largest absolute Gasteiger partial charge is 0.493 e. The molecule has 0 atom stereocenters. The van der Waals surface area contributed by atoms with Gasteiger partial charge in [0, 0.05) is 6.07 Å². The van der Waals surface area contributed by atoms with Crippen molar-refractivity contribution in [1.29, 1.82) is 0 Å². The Morgan fingerprint density at radius 1 is 0.889 bits per heavy atom. The van der Waals surface area contributed by atoms with Gasteiger partial charge in [-0.1, -0.05) is 77.2 Å². The van der Waals surface area contributed by atoms with Gasteiger partial charge in [-0.3, -0.25) is 0 Å². The maximum Gasteiger partial charge on any atom is 0.347 e. The second kappa shape index (κ2) is 15.4. The van der Waals surface area contributed by atoms with Crippen LogP contribution in [-0.2, 0) is 0 Å². The second-order valence-electron chi connectivity index (χ2n) is 9.96. The number of hydrogen-bond donors (Lipinski definition) is 0. The Morgan fingerprint density at radius 3 is 2.28 bits per heavy atom. The van der Waals surface area contributed by atoms with Gasteiger partial charge in [0.2, 0.25) is 0 Å². The molecular formula is C32H44O4. The molecule has 0 spiro atoms. The molecule has 0 amide bonds. The molecule has 0 bridgehead atoms. The summed E-state index contributed by atoms with van der Waals surface area (Å²) in [6.07, 6.45) is 15.3. The van der Waals surface area contributed by atoms with Crippen LogP contribution in [0.25, 0.3) is 0 Å². The van der Waals surface area contributed by atoms with Crippen molar-refractivity contribution in [3.8, 4) is 17.2 Å². The highest BCUT2D eigenvalue weighted by molar-refractivity contribution is 5.94. The molecule has 1 fully saturated rings. The number of unbranched alkanes of at least 4 members (excludes halogenated alkanes) is 5. The van der Waals surface area contributed by atoms with E-state index in [4.69, 9.17) is 14.2 Å². The van der Waals surface area contributed by atoms with Gasteiger partial charge in [0.05, 0.1) is 6.61 Å². The maximum absolute atomic E-state index is 13.0. The van der Waals surface area contributed by atoms with Crippen LogP contribution in [0.2, 0.25) is 0 Å². The fraction of sp³-hybridized carbons (Fsp3) is 0.531. The monoisotopic (exact) mass is 492 g/mol. The zero-order valence-electron chi connectivity index (χ0n) is 22.3. The third-order valence-electron chi connectivity index (χ3n) is 7.28. The van der Waals surface area contributed by atoms with Crippen molar-refractivity contribution < 1.29 is 19.0 Å². The zero-order valence-corrected chi connectivity index (χ0v) is 22.3. The topological polar surface area (TPSA) is 44.8 Å². The molecule has 4 heteroatoms. The standard InChI is InChI=1S/C32H44O4/c1-4-7-8-9-10-11-23-34-29-20-21-30(31(24-29)35-22-5-2)32(33)36-28-18-16-27(17-19-28)26-14-12-25(6-3)13-15-26/h5,16-21,24-26H,2,4,6-15,22-23H2,1,3H3. The summed E-state index contributed by atoms with van der Waals surface area (Å²) < 4.78 is 17.4. The predicted molar refractivity (Wildman–Crippen MR) is 147 cm³/mol. The summed E-state index contributed by atoms with van der Waals surface area (Å²) in [5.74, 6) is 2.74. The van der Waals surface area contributed by atoms with Crippen LogP contribution < -0.4 is 14.2 Å². The minimum absolute atomic E-state index is 0.302. The van der Waals surface area contributed by atoms with Gasteiger partial charge in [0.1, 0.15) is 29.4 Å². The third-order valence-corrected chi connectivity index (χ3v) is 7.28. The molecule has 0 unspecified atom stereocenters. The first-order valence-corrected chi connectivity index (χ1v) is 14.0. The lowest BCUT2D eigenvalue weighted by atomic mass is 9.78. The lowest BCUT2D eigenvalue weighted by Gasteiger charge is -2.28. The summed E-state index contributed by atoms with van der Waals surface area (Å²) in [6.45, 7) is 9.19. The number of esters is 1. The number of carbonyl (C=O) groups excluding carboxylic acids is 1. The van der Waals surface area contributed by atoms with Crippen LogP contribution in [0.15, 0.2) is 55.1 Å². The summed E-state index contributed by atoms with van der Waals surface area (Å²) in [5, 5.41) is 0. The molecule has 2 aromatic carbocycles. The highest BCUT2D eigenvalue weighted by atomic mass is 16.5. The van der Waals surface area contributed by atoms with Gasteiger partial charge < -0.3 is 14.2 Å². The van der Waals surface area contributed by atoms with Gasteiger partial charge in [-0.05, 0) is 73.8 Å². The second-order valence-corrected chi connectivity index (χ2v) is 9.96. The number of benzene rings is 2. The van der Waals surface area contributed by atoms with Crippen LogP contribution in [0.4, 0.5) is 0 Å². The molecule has 0 N–H and O–H groups in total. The van der Waals surface area contributed by atoms with Gasteiger partial charge >= 0.3 is 5.97 Å². The highest BCUT2D eigenvalue weighted by Gasteiger charge is 2.22. The Hall–Kier alpha value is -2.75. The smallest absolute Gasteiger partial charge is 0.347 e. The average Bonchev–Trinajstić information content (AvgIpc) is 2.92. The van der Waals surface area contributed by atoms with E-state index in [1.54, 1.807) is 18.2 Å². The van der Waals surface area contributed by atoms with Crippen molar-refractivity contribution in [2.75, 3.05) is 13.2 Å². The van der Waals surface area contributed by atoms with E-state index in [9.17, 15) is 4.79 Å². The first-order valence-electron chi connectivity index (χ1n) is 14.0. The molecule has 196 valence electrons. The molecule has 0 saturated heterocycles. The Labute approximate surface area is 218 Å². The average molecular weight is 493 g/mol. The van der Waals surface area contributed by atoms with Gasteiger partial charge in [-0.2, -0.15) is 0 Å². The molecule has 2 aromatic rings. The SMILES string of the molecule is C=CCOc1cc(OCCCCCCCC)ccc1C(=O)Oc1ccc(C2CCC(CC)CC2)cc1. The molecular weight excluding hydrogens is 448 g/mol. The van der Waals surface area contributed by atoms with Crippen LogP contribution in [0.3, 0.4) is 0 Å². The van der Waals surface area contributed by atoms with E-state index in [1.807, 2.05) is 18.2 Å². The van der Waals surface area contributed by atoms with Gasteiger partial charge in [0.25, 0.3) is 0 Å². The molecule has 4 nitrogen and oxygen atoms in total. The quantitative estimate of drug-likeness (QED) is 0.108. The Kier molecular flexibility index (Phi) is 11.9. The van der Waals surface area contributed by atoms with E-state index >= 15 is 0 Å². The first kappa shape index (κ1) is 27.8. The van der Waals surface area contributed by atoms with Gasteiger partial charge in [0.15, 0.2) is 0 Å². The normalized spacial score (nSPS) is 17.4. The lowest BCUT2D eigenvalue weighted by molar-refractivity contribution is 0.0730. The fourth-order valence-corrected chi connectivity index (χ4v) is 4.98. The van der Waals surface area contributed by atoms with E-state index in [1.165, 1.54) is 69.8 Å². The molecule has 1 saturated carbocycles. The van der Waals surface area contributed by atoms with E-state index in [0.717, 1.165) is 12.3 Å². The van der Waals surface area contributed by atoms with E-state index in [0.29, 0.717) is 41.9 Å². The van der Waals surface area contributed by atoms with Crippen molar-refractivity contribution in [2.24, 2.45) is 5.92 Å². The third kappa shape index (κ3) is 8.72. The van der Waals surface area contributed by atoms with Crippen molar-refractivity contribution in [2.45, 2.75) is 90.4 Å². The van der Waals surface area contributed by atoms with Crippen molar-refractivity contribution in [3.63, 3.8) is 0 Å². The lowest BCUT2D eigenvalue weighted by Crippen LogP contribution is -2.13. The van der Waals surface area contributed by atoms with Crippen LogP contribution in [-0.4, -0.2) is 19.2 Å². The van der Waals surface area contributed by atoms with Crippen molar-refractivity contribution in [1.82, 2.24) is 0 Å². The molecule has 0 aromatic heterocycles. The van der Waals surface area contributed by atoms with Gasteiger partial charge in [-0.15, -0.1) is 0 Å². The Bertz CT molecular complexity index is 926. The zero-order chi connectivity index (χ0) is 25.6. The maximum atomic E-state index is 13.0. The molecule has 1 aliphatic rings. The molecule has 1 aliphatic carbocycles. The highest BCUT2D eigenvalue weighted by Crippen LogP contribution is 2.37. The van der Waals surface area contributed by atoms with Gasteiger partial charge in [-0.25, -0.2) is 4.79 Å². The van der Waals surface area contributed by atoms with Crippen molar-refractivity contribution in [3.05, 3.63) is 66.2 Å². The summed E-state index contributed by atoms with van der Waals surface area (Å²) in [5.41, 5.74) is 1.72. The summed E-state index contributed by atoms with van der Waals surface area (Å²) >= 11 is 0. The van der Waals surface area contributed by atoms with Crippen molar-refractivity contribution >= 4 is 5.97 Å². The van der Waals surface area contributed by atoms with Crippen LogP contribution in [0.5, 0.6) is 17.2 Å². The molecule has 0 radical (unpaired) electrons. The summed E-state index contributed by atoms with van der Waals surface area (Å²) in [7, 11) is 0. The van der Waals surface area contributed by atoms with E-state index < -0.39 is 5.97 Å². The minimum atomic E-state index is -0.437. The Balaban J connectivity index is 1.56.